The number of hydrogen-bond acceptors (Lipinski definition) is 3. The predicted molar refractivity (Wildman–Crippen MR) is 77.9 cm³/mol. The topological polar surface area (TPSA) is 21.7 Å². The van der Waals surface area contributed by atoms with Gasteiger partial charge < -0.3 is 14.4 Å². The Morgan fingerprint density at radius 3 is 2.63 bits per heavy atom. The molecule has 19 heavy (non-hydrogen) atoms. The molecule has 2 atom stereocenters. The fourth-order valence-corrected chi connectivity index (χ4v) is 2.19. The lowest BCUT2D eigenvalue weighted by atomic mass is 10.2. The van der Waals surface area contributed by atoms with Crippen LogP contribution in [-0.4, -0.2) is 43.5 Å². The largest absolute Gasteiger partial charge is 0.346 e. The molecule has 1 heterocycles. The first kappa shape index (κ1) is 14.3. The molecule has 0 radical (unpaired) electrons. The quantitative estimate of drug-likeness (QED) is 0.786. The van der Waals surface area contributed by atoms with E-state index in [1.54, 1.807) is 0 Å². The zero-order valence-corrected chi connectivity index (χ0v) is 11.8. The van der Waals surface area contributed by atoms with Crippen molar-refractivity contribution in [3.05, 3.63) is 42.0 Å². The van der Waals surface area contributed by atoms with E-state index in [4.69, 9.17) is 9.47 Å². The summed E-state index contributed by atoms with van der Waals surface area (Å²) in [5.41, 5.74) is 1.17. The molecular weight excluding hydrogens is 238 g/mol. The molecule has 104 valence electrons. The summed E-state index contributed by atoms with van der Waals surface area (Å²) in [6.45, 7) is 8.09. The van der Waals surface area contributed by atoms with Gasteiger partial charge in [0.05, 0.1) is 12.7 Å². The highest BCUT2D eigenvalue weighted by Gasteiger charge is 2.25. The van der Waals surface area contributed by atoms with Crippen molar-refractivity contribution in [2.45, 2.75) is 26.2 Å². The summed E-state index contributed by atoms with van der Waals surface area (Å²) in [6.07, 6.45) is 4.01. The van der Waals surface area contributed by atoms with E-state index in [1.807, 2.05) is 30.4 Å². The van der Waals surface area contributed by atoms with Crippen molar-refractivity contribution in [1.29, 1.82) is 0 Å². The van der Waals surface area contributed by atoms with Crippen molar-refractivity contribution >= 4 is 6.08 Å². The second kappa shape index (κ2) is 7.43. The molecule has 1 fully saturated rings. The number of benzene rings is 1. The van der Waals surface area contributed by atoms with Gasteiger partial charge in [0.2, 0.25) is 0 Å². The SMILES string of the molecule is CCN(CC)C[C@H]1CO[C@@H](/C=C/c2ccccc2)O1. The third-order valence-electron chi connectivity index (χ3n) is 3.37. The van der Waals surface area contributed by atoms with Crippen molar-refractivity contribution < 1.29 is 9.47 Å². The van der Waals surface area contributed by atoms with Gasteiger partial charge in [-0.3, -0.25) is 0 Å². The molecule has 0 spiro atoms. The van der Waals surface area contributed by atoms with E-state index in [2.05, 4.69) is 30.9 Å². The van der Waals surface area contributed by atoms with Gasteiger partial charge in [-0.15, -0.1) is 0 Å². The van der Waals surface area contributed by atoms with Gasteiger partial charge in [-0.2, -0.15) is 0 Å². The lowest BCUT2D eigenvalue weighted by molar-refractivity contribution is -0.0245. The molecule has 0 amide bonds. The molecule has 0 unspecified atom stereocenters. The van der Waals surface area contributed by atoms with Crippen molar-refractivity contribution in [3.8, 4) is 0 Å². The van der Waals surface area contributed by atoms with E-state index >= 15 is 0 Å². The first-order valence-electron chi connectivity index (χ1n) is 7.04. The summed E-state index contributed by atoms with van der Waals surface area (Å²) in [5, 5.41) is 0. The lowest BCUT2D eigenvalue weighted by Crippen LogP contribution is -2.33. The van der Waals surface area contributed by atoms with Gasteiger partial charge in [0.15, 0.2) is 6.29 Å². The first-order valence-corrected chi connectivity index (χ1v) is 7.04. The van der Waals surface area contributed by atoms with Crippen molar-refractivity contribution in [2.24, 2.45) is 0 Å². The molecule has 1 aliphatic rings. The summed E-state index contributed by atoms with van der Waals surface area (Å²) >= 11 is 0. The number of hydrogen-bond donors (Lipinski definition) is 0. The Kier molecular flexibility index (Phi) is 5.58. The second-order valence-electron chi connectivity index (χ2n) is 4.72. The molecule has 1 aromatic rings. The monoisotopic (exact) mass is 261 g/mol. The normalized spacial score (nSPS) is 23.5. The van der Waals surface area contributed by atoms with Crippen LogP contribution < -0.4 is 0 Å². The van der Waals surface area contributed by atoms with E-state index in [9.17, 15) is 0 Å². The summed E-state index contributed by atoms with van der Waals surface area (Å²) in [4.78, 5) is 2.36. The van der Waals surface area contributed by atoms with Gasteiger partial charge in [0, 0.05) is 6.54 Å². The van der Waals surface area contributed by atoms with Crippen LogP contribution in [0.5, 0.6) is 0 Å². The van der Waals surface area contributed by atoms with E-state index in [1.165, 1.54) is 5.56 Å². The number of likely N-dealkylation sites (N-methyl/N-ethyl adjacent to an activating group) is 1. The van der Waals surface area contributed by atoms with Crippen LogP contribution in [0.3, 0.4) is 0 Å². The molecule has 0 N–H and O–H groups in total. The van der Waals surface area contributed by atoms with Crippen LogP contribution in [0.4, 0.5) is 0 Å². The van der Waals surface area contributed by atoms with Gasteiger partial charge in [-0.25, -0.2) is 0 Å². The first-order chi connectivity index (χ1) is 9.31. The molecule has 0 aromatic heterocycles. The smallest absolute Gasteiger partial charge is 0.177 e. The van der Waals surface area contributed by atoms with Crippen molar-refractivity contribution in [3.63, 3.8) is 0 Å². The maximum atomic E-state index is 5.87. The molecule has 1 aromatic carbocycles. The lowest BCUT2D eigenvalue weighted by Gasteiger charge is -2.20. The molecule has 3 heteroatoms. The highest BCUT2D eigenvalue weighted by atomic mass is 16.7. The fraction of sp³-hybridized carbons (Fsp3) is 0.500. The number of rotatable bonds is 6. The van der Waals surface area contributed by atoms with Crippen LogP contribution in [-0.2, 0) is 9.47 Å². The molecule has 0 bridgehead atoms. The van der Waals surface area contributed by atoms with E-state index in [-0.39, 0.29) is 12.4 Å². The van der Waals surface area contributed by atoms with Crippen molar-refractivity contribution in [1.82, 2.24) is 4.90 Å². The van der Waals surface area contributed by atoms with E-state index in [0.29, 0.717) is 6.61 Å². The highest BCUT2D eigenvalue weighted by Crippen LogP contribution is 2.15. The summed E-state index contributed by atoms with van der Waals surface area (Å²) in [5.74, 6) is 0. The minimum atomic E-state index is -0.208. The summed E-state index contributed by atoms with van der Waals surface area (Å²) in [6, 6.07) is 10.2. The third kappa shape index (κ3) is 4.46. The highest BCUT2D eigenvalue weighted by molar-refractivity contribution is 5.49. The zero-order chi connectivity index (χ0) is 13.5. The van der Waals surface area contributed by atoms with Crippen LogP contribution in [0, 0.1) is 0 Å². The Labute approximate surface area is 115 Å². The summed E-state index contributed by atoms with van der Waals surface area (Å²) in [7, 11) is 0. The minimum absolute atomic E-state index is 0.185. The Hall–Kier alpha value is -1.16. The Balaban J connectivity index is 1.80. The molecule has 1 saturated heterocycles. The molecular formula is C16H23NO2. The Bertz CT molecular complexity index is 387. The standard InChI is InChI=1S/C16H23NO2/c1-3-17(4-2)12-15-13-18-16(19-15)11-10-14-8-6-5-7-9-14/h5-11,15-16H,3-4,12-13H2,1-2H3/b11-10+/t15-,16+/m0/s1. The maximum Gasteiger partial charge on any atom is 0.177 e. The van der Waals surface area contributed by atoms with Crippen LogP contribution >= 0.6 is 0 Å². The molecule has 0 saturated carbocycles. The second-order valence-corrected chi connectivity index (χ2v) is 4.72. The average molecular weight is 261 g/mol. The van der Waals surface area contributed by atoms with E-state index < -0.39 is 0 Å². The molecule has 2 rings (SSSR count). The van der Waals surface area contributed by atoms with Gasteiger partial charge in [0.1, 0.15) is 0 Å². The molecule has 3 nitrogen and oxygen atoms in total. The molecule has 0 aliphatic carbocycles. The third-order valence-corrected chi connectivity index (χ3v) is 3.37. The predicted octanol–water partition coefficient (Wildman–Crippen LogP) is 2.78. The zero-order valence-electron chi connectivity index (χ0n) is 11.8. The van der Waals surface area contributed by atoms with Crippen LogP contribution in [0.25, 0.3) is 6.08 Å². The summed E-state index contributed by atoms with van der Waals surface area (Å²) < 4.78 is 11.5. The fourth-order valence-electron chi connectivity index (χ4n) is 2.19. The maximum absolute atomic E-state index is 5.87. The van der Waals surface area contributed by atoms with Gasteiger partial charge in [-0.1, -0.05) is 50.3 Å². The van der Waals surface area contributed by atoms with Gasteiger partial charge in [0.25, 0.3) is 0 Å². The van der Waals surface area contributed by atoms with E-state index in [0.717, 1.165) is 19.6 Å². The van der Waals surface area contributed by atoms with Crippen molar-refractivity contribution in [2.75, 3.05) is 26.2 Å². The van der Waals surface area contributed by atoms with Gasteiger partial charge >= 0.3 is 0 Å². The Morgan fingerprint density at radius 2 is 1.95 bits per heavy atom. The van der Waals surface area contributed by atoms with Crippen LogP contribution in [0.2, 0.25) is 0 Å². The average Bonchev–Trinajstić information content (AvgIpc) is 2.91. The minimum Gasteiger partial charge on any atom is -0.346 e. The Morgan fingerprint density at radius 1 is 1.21 bits per heavy atom. The number of nitrogens with zero attached hydrogens (tertiary/aromatic N) is 1. The number of ether oxygens (including phenoxy) is 2. The van der Waals surface area contributed by atoms with Crippen LogP contribution in [0.1, 0.15) is 19.4 Å². The van der Waals surface area contributed by atoms with Crippen LogP contribution in [0.15, 0.2) is 36.4 Å². The molecule has 1 aliphatic heterocycles. The van der Waals surface area contributed by atoms with Gasteiger partial charge in [-0.05, 0) is 24.7 Å².